The largest absolute Gasteiger partial charge is 0.409 e. The highest BCUT2D eigenvalue weighted by Gasteiger charge is 2.11. The molecule has 3 N–H and O–H groups in total. The molecule has 1 aliphatic rings. The summed E-state index contributed by atoms with van der Waals surface area (Å²) in [7, 11) is 0. The minimum atomic E-state index is 0.307. The second-order valence-corrected chi connectivity index (χ2v) is 2.57. The van der Waals surface area contributed by atoms with Gasteiger partial charge in [0.25, 0.3) is 0 Å². The molecule has 0 aromatic carbocycles. The van der Waals surface area contributed by atoms with Gasteiger partial charge in [0.05, 0.1) is 6.54 Å². The number of rotatable bonds is 2. The first-order valence-electron chi connectivity index (χ1n) is 3.51. The lowest BCUT2D eigenvalue weighted by atomic mass is 10.4. The number of amidine groups is 1. The van der Waals surface area contributed by atoms with E-state index in [2.05, 4.69) is 10.1 Å². The van der Waals surface area contributed by atoms with Crippen molar-refractivity contribution < 1.29 is 5.21 Å². The lowest BCUT2D eigenvalue weighted by Crippen LogP contribution is -2.31. The first-order valence-corrected chi connectivity index (χ1v) is 3.51. The smallest absolute Gasteiger partial charge is 0.153 e. The zero-order valence-corrected chi connectivity index (χ0v) is 5.95. The highest BCUT2D eigenvalue weighted by Crippen LogP contribution is 2.05. The van der Waals surface area contributed by atoms with Crippen molar-refractivity contribution in [2.24, 2.45) is 10.9 Å². The highest BCUT2D eigenvalue weighted by molar-refractivity contribution is 5.81. The molecule has 0 amide bonds. The number of hydrogen-bond donors (Lipinski definition) is 2. The molecule has 1 heterocycles. The van der Waals surface area contributed by atoms with Crippen LogP contribution in [0.5, 0.6) is 0 Å². The summed E-state index contributed by atoms with van der Waals surface area (Å²) < 4.78 is 0. The zero-order chi connectivity index (χ0) is 7.40. The molecular weight excluding hydrogens is 130 g/mol. The molecule has 0 unspecified atom stereocenters. The van der Waals surface area contributed by atoms with Gasteiger partial charge in [-0.1, -0.05) is 5.16 Å². The average molecular weight is 143 g/mol. The molecule has 10 heavy (non-hydrogen) atoms. The van der Waals surface area contributed by atoms with Crippen LogP contribution in [0.2, 0.25) is 0 Å². The van der Waals surface area contributed by atoms with Gasteiger partial charge in [0.1, 0.15) is 0 Å². The summed E-state index contributed by atoms with van der Waals surface area (Å²) >= 11 is 0. The molecule has 0 radical (unpaired) electrons. The van der Waals surface area contributed by atoms with Crippen LogP contribution < -0.4 is 5.73 Å². The van der Waals surface area contributed by atoms with E-state index in [0.717, 1.165) is 13.1 Å². The maximum absolute atomic E-state index is 8.23. The molecule has 1 aliphatic heterocycles. The number of likely N-dealkylation sites (tertiary alicyclic amines) is 1. The van der Waals surface area contributed by atoms with Crippen molar-refractivity contribution in [3.05, 3.63) is 0 Å². The van der Waals surface area contributed by atoms with Gasteiger partial charge in [-0.05, 0) is 25.9 Å². The predicted octanol–water partition coefficient (Wildman–Crippen LogP) is -0.171. The maximum Gasteiger partial charge on any atom is 0.153 e. The van der Waals surface area contributed by atoms with E-state index in [1.807, 2.05) is 0 Å². The number of nitrogens with two attached hydrogens (primary N) is 1. The Morgan fingerprint density at radius 2 is 2.10 bits per heavy atom. The summed E-state index contributed by atoms with van der Waals surface area (Å²) in [6.07, 6.45) is 2.47. The van der Waals surface area contributed by atoms with Crippen LogP contribution in [0.3, 0.4) is 0 Å². The molecule has 4 heteroatoms. The van der Waals surface area contributed by atoms with Crippen molar-refractivity contribution in [3.8, 4) is 0 Å². The van der Waals surface area contributed by atoms with Crippen LogP contribution in [-0.4, -0.2) is 35.6 Å². The Kier molecular flexibility index (Phi) is 2.50. The first-order chi connectivity index (χ1) is 4.83. The Balaban J connectivity index is 2.24. The van der Waals surface area contributed by atoms with Gasteiger partial charge in [-0.15, -0.1) is 0 Å². The Morgan fingerprint density at radius 1 is 1.50 bits per heavy atom. The average Bonchev–Trinajstić information content (AvgIpc) is 2.40. The van der Waals surface area contributed by atoms with Crippen molar-refractivity contribution in [3.63, 3.8) is 0 Å². The van der Waals surface area contributed by atoms with E-state index in [0.29, 0.717) is 12.4 Å². The Bertz CT molecular complexity index is 129. The van der Waals surface area contributed by atoms with E-state index in [1.165, 1.54) is 12.8 Å². The fourth-order valence-electron chi connectivity index (χ4n) is 1.20. The van der Waals surface area contributed by atoms with E-state index in [9.17, 15) is 0 Å². The Labute approximate surface area is 60.3 Å². The summed E-state index contributed by atoms with van der Waals surface area (Å²) in [5, 5.41) is 11.1. The van der Waals surface area contributed by atoms with Gasteiger partial charge in [0.2, 0.25) is 0 Å². The maximum atomic E-state index is 8.23. The topological polar surface area (TPSA) is 61.8 Å². The lowest BCUT2D eigenvalue weighted by molar-refractivity contribution is 0.309. The van der Waals surface area contributed by atoms with E-state index in [1.54, 1.807) is 0 Å². The minimum Gasteiger partial charge on any atom is -0.409 e. The van der Waals surface area contributed by atoms with Crippen LogP contribution in [0.25, 0.3) is 0 Å². The number of nitrogens with zero attached hydrogens (tertiary/aromatic N) is 2. The monoisotopic (exact) mass is 143 g/mol. The SMILES string of the molecule is NC(CN1CCCC1)=NO. The third kappa shape index (κ3) is 1.88. The molecule has 58 valence electrons. The van der Waals surface area contributed by atoms with E-state index >= 15 is 0 Å². The molecule has 0 aromatic rings. The number of hydrogen-bond acceptors (Lipinski definition) is 3. The molecule has 0 aliphatic carbocycles. The van der Waals surface area contributed by atoms with Gasteiger partial charge in [-0.3, -0.25) is 4.90 Å². The first kappa shape index (κ1) is 7.34. The fraction of sp³-hybridized carbons (Fsp3) is 0.833. The van der Waals surface area contributed by atoms with Crippen molar-refractivity contribution in [1.29, 1.82) is 0 Å². The molecule has 4 nitrogen and oxygen atoms in total. The summed E-state index contributed by atoms with van der Waals surface area (Å²) in [6.45, 7) is 2.77. The van der Waals surface area contributed by atoms with Gasteiger partial charge < -0.3 is 10.9 Å². The standard InChI is InChI=1S/C6H13N3O/c7-6(8-10)5-9-3-1-2-4-9/h10H,1-5H2,(H2,7,8). The van der Waals surface area contributed by atoms with Gasteiger partial charge >= 0.3 is 0 Å². The summed E-state index contributed by atoms with van der Waals surface area (Å²) in [6, 6.07) is 0. The Hall–Kier alpha value is -0.770. The predicted molar refractivity (Wildman–Crippen MR) is 39.1 cm³/mol. The van der Waals surface area contributed by atoms with Gasteiger partial charge in [-0.2, -0.15) is 0 Å². The highest BCUT2D eigenvalue weighted by atomic mass is 16.4. The van der Waals surface area contributed by atoms with Crippen LogP contribution in [0.1, 0.15) is 12.8 Å². The molecule has 0 saturated carbocycles. The fourth-order valence-corrected chi connectivity index (χ4v) is 1.20. The van der Waals surface area contributed by atoms with Gasteiger partial charge in [0, 0.05) is 0 Å². The molecule has 0 atom stereocenters. The molecule has 1 rings (SSSR count). The van der Waals surface area contributed by atoms with Crippen LogP contribution in [0.15, 0.2) is 5.16 Å². The third-order valence-electron chi connectivity index (χ3n) is 1.71. The normalized spacial score (nSPS) is 21.8. The van der Waals surface area contributed by atoms with Crippen molar-refractivity contribution in [2.75, 3.05) is 19.6 Å². The van der Waals surface area contributed by atoms with Gasteiger partial charge in [-0.25, -0.2) is 0 Å². The van der Waals surface area contributed by atoms with E-state index in [-0.39, 0.29) is 0 Å². The lowest BCUT2D eigenvalue weighted by Gasteiger charge is -2.11. The van der Waals surface area contributed by atoms with E-state index in [4.69, 9.17) is 10.9 Å². The van der Waals surface area contributed by atoms with Crippen LogP contribution >= 0.6 is 0 Å². The molecule has 0 bridgehead atoms. The van der Waals surface area contributed by atoms with Crippen molar-refractivity contribution >= 4 is 5.84 Å². The second-order valence-electron chi connectivity index (χ2n) is 2.57. The molecule has 0 aromatic heterocycles. The minimum absolute atomic E-state index is 0.307. The van der Waals surface area contributed by atoms with Crippen molar-refractivity contribution in [1.82, 2.24) is 4.90 Å². The quantitative estimate of drug-likeness (QED) is 0.244. The van der Waals surface area contributed by atoms with Crippen LogP contribution in [-0.2, 0) is 0 Å². The third-order valence-corrected chi connectivity index (χ3v) is 1.71. The summed E-state index contributed by atoms with van der Waals surface area (Å²) in [5.41, 5.74) is 5.31. The number of oxime groups is 1. The van der Waals surface area contributed by atoms with Gasteiger partial charge in [0.15, 0.2) is 5.84 Å². The molecular formula is C6H13N3O. The van der Waals surface area contributed by atoms with Crippen LogP contribution in [0, 0.1) is 0 Å². The zero-order valence-electron chi connectivity index (χ0n) is 5.95. The second kappa shape index (κ2) is 3.41. The molecule has 1 fully saturated rings. The summed E-state index contributed by atoms with van der Waals surface area (Å²) in [5.74, 6) is 0.307. The Morgan fingerprint density at radius 3 is 2.60 bits per heavy atom. The summed E-state index contributed by atoms with van der Waals surface area (Å²) in [4.78, 5) is 2.18. The molecule has 1 saturated heterocycles. The van der Waals surface area contributed by atoms with Crippen LogP contribution in [0.4, 0.5) is 0 Å². The van der Waals surface area contributed by atoms with Crippen molar-refractivity contribution in [2.45, 2.75) is 12.8 Å². The van der Waals surface area contributed by atoms with E-state index < -0.39 is 0 Å². The molecule has 0 spiro atoms.